The van der Waals surface area contributed by atoms with Crippen LogP contribution in [-0.4, -0.2) is 20.9 Å². The van der Waals surface area contributed by atoms with E-state index in [0.29, 0.717) is 0 Å². The quantitative estimate of drug-likeness (QED) is 0.466. The molecular weight excluding hydrogens is 406 g/mol. The molecule has 1 atom stereocenters. The highest BCUT2D eigenvalue weighted by Crippen LogP contribution is 2.55. The van der Waals surface area contributed by atoms with Crippen LogP contribution < -0.4 is 0 Å². The number of hydrogen-bond acceptors (Lipinski definition) is 3. The van der Waals surface area contributed by atoms with Crippen LogP contribution in [0.5, 0.6) is 0 Å². The van der Waals surface area contributed by atoms with Gasteiger partial charge in [0.05, 0.1) is 6.04 Å². The highest BCUT2D eigenvalue weighted by molar-refractivity contribution is 7.98. The molecule has 7 heteroatoms. The van der Waals surface area contributed by atoms with Gasteiger partial charge in [-0.3, -0.25) is 4.55 Å². The van der Waals surface area contributed by atoms with E-state index in [4.69, 9.17) is 0 Å². The molecule has 144 valence electrons. The van der Waals surface area contributed by atoms with Crippen molar-refractivity contribution in [3.63, 3.8) is 0 Å². The van der Waals surface area contributed by atoms with Gasteiger partial charge in [0.25, 0.3) is 0 Å². The summed E-state index contributed by atoms with van der Waals surface area (Å²) in [5.41, 5.74) is 3.26. The van der Waals surface area contributed by atoms with Gasteiger partial charge in [-0.05, 0) is 68.1 Å². The summed E-state index contributed by atoms with van der Waals surface area (Å²) in [6.45, 7) is 0. The molecule has 0 radical (unpaired) electrons. The zero-order valence-electron chi connectivity index (χ0n) is 15.0. The van der Waals surface area contributed by atoms with Gasteiger partial charge >= 0.3 is 10.3 Å². The molecular formula is C22H15NO4S2. The fourth-order valence-electron chi connectivity index (χ4n) is 4.69. The zero-order chi connectivity index (χ0) is 19.9. The van der Waals surface area contributed by atoms with Gasteiger partial charge in [-0.1, -0.05) is 52.2 Å². The first-order valence-corrected chi connectivity index (χ1v) is 11.7. The zero-order valence-corrected chi connectivity index (χ0v) is 16.7. The smallest absolute Gasteiger partial charge is 0.273 e. The lowest BCUT2D eigenvalue weighted by atomic mass is 9.80. The summed E-state index contributed by atoms with van der Waals surface area (Å²) in [5, 5.41) is 3.32. The molecule has 4 aromatic rings. The van der Waals surface area contributed by atoms with Crippen molar-refractivity contribution in [2.45, 2.75) is 11.3 Å². The Labute approximate surface area is 170 Å². The van der Waals surface area contributed by atoms with E-state index < -0.39 is 32.6 Å². The van der Waals surface area contributed by atoms with E-state index in [0.717, 1.165) is 47.5 Å². The molecule has 2 aliphatic heterocycles. The Morgan fingerprint density at radius 1 is 0.724 bits per heavy atom. The van der Waals surface area contributed by atoms with Crippen LogP contribution in [0.1, 0.15) is 33.5 Å². The second-order valence-corrected chi connectivity index (χ2v) is 10.4. The highest BCUT2D eigenvalue weighted by atomic mass is 32.3. The number of rotatable bonds is 1. The molecule has 3 aliphatic rings. The van der Waals surface area contributed by atoms with Crippen LogP contribution in [0.25, 0.3) is 21.5 Å². The molecule has 0 saturated carbocycles. The van der Waals surface area contributed by atoms with E-state index in [1.165, 1.54) is 0 Å². The van der Waals surface area contributed by atoms with E-state index in [1.807, 2.05) is 72.8 Å². The lowest BCUT2D eigenvalue weighted by Gasteiger charge is -2.44. The fourth-order valence-corrected chi connectivity index (χ4v) is 7.67. The molecule has 2 heterocycles. The Morgan fingerprint density at radius 3 is 1.48 bits per heavy atom. The van der Waals surface area contributed by atoms with Crippen molar-refractivity contribution in [2.24, 2.45) is 0 Å². The van der Waals surface area contributed by atoms with E-state index >= 15 is 0 Å². The normalized spacial score (nSPS) is 23.3. The van der Waals surface area contributed by atoms with Crippen molar-refractivity contribution in [3.05, 3.63) is 95.1 Å². The van der Waals surface area contributed by atoms with Crippen molar-refractivity contribution in [1.29, 1.82) is 0 Å². The van der Waals surface area contributed by atoms with Gasteiger partial charge in [-0.25, -0.2) is 4.21 Å². The minimum Gasteiger partial charge on any atom is -0.273 e. The number of fused-ring (bicyclic) bond motifs is 3. The molecule has 2 bridgehead atoms. The predicted molar refractivity (Wildman–Crippen MR) is 113 cm³/mol. The highest BCUT2D eigenvalue weighted by Gasteiger charge is 2.52. The maximum atomic E-state index is 13.3. The molecule has 0 aromatic heterocycles. The summed E-state index contributed by atoms with van der Waals surface area (Å²) >= 11 is 0. The fraction of sp³-hybridized carbons (Fsp3) is 0.0909. The molecule has 0 spiro atoms. The Morgan fingerprint density at radius 2 is 1.10 bits per heavy atom. The minimum absolute atomic E-state index is 0.652. The summed E-state index contributed by atoms with van der Waals surface area (Å²) < 4.78 is 48.4. The number of benzene rings is 4. The number of hydrogen-bond donors (Lipinski definition) is 1. The Bertz CT molecular complexity index is 1390. The Kier molecular flexibility index (Phi) is 3.42. The Hall–Kier alpha value is -2.58. The summed E-state index contributed by atoms with van der Waals surface area (Å²) in [6, 6.07) is 22.7. The molecule has 0 amide bonds. The van der Waals surface area contributed by atoms with Crippen molar-refractivity contribution in [3.8, 4) is 0 Å². The van der Waals surface area contributed by atoms with Crippen LogP contribution in [0.4, 0.5) is 0 Å². The molecule has 7 rings (SSSR count). The first-order valence-electron chi connectivity index (χ1n) is 9.16. The van der Waals surface area contributed by atoms with E-state index in [9.17, 15) is 17.2 Å². The van der Waals surface area contributed by atoms with Gasteiger partial charge in [0.2, 0.25) is 0 Å². The third-order valence-corrected chi connectivity index (χ3v) is 9.02. The summed E-state index contributed by atoms with van der Waals surface area (Å²) in [5.74, 6) is 0. The van der Waals surface area contributed by atoms with E-state index in [-0.39, 0.29) is 0 Å². The van der Waals surface area contributed by atoms with Gasteiger partial charge in [0.1, 0.15) is 16.2 Å². The van der Waals surface area contributed by atoms with Gasteiger partial charge in [-0.2, -0.15) is 8.42 Å². The van der Waals surface area contributed by atoms with E-state index in [1.54, 1.807) is 0 Å². The lowest BCUT2D eigenvalue weighted by Crippen LogP contribution is -2.47. The third-order valence-electron chi connectivity index (χ3n) is 5.87. The van der Waals surface area contributed by atoms with Crippen molar-refractivity contribution < 1.29 is 17.2 Å². The topological polar surface area (TPSA) is 74.7 Å². The first kappa shape index (κ1) is 17.3. The summed E-state index contributed by atoms with van der Waals surface area (Å²) in [6.07, 6.45) is 0. The molecule has 4 aromatic carbocycles. The maximum absolute atomic E-state index is 13.3. The second kappa shape index (κ2) is 5.73. The van der Waals surface area contributed by atoms with Crippen LogP contribution >= 0.6 is 0 Å². The van der Waals surface area contributed by atoms with Crippen molar-refractivity contribution >= 4 is 42.8 Å². The van der Waals surface area contributed by atoms with Crippen LogP contribution in [-0.2, 0) is 21.3 Å². The van der Waals surface area contributed by atoms with Gasteiger partial charge in [0.15, 0.2) is 0 Å². The van der Waals surface area contributed by atoms with Crippen molar-refractivity contribution in [1.82, 2.24) is 3.71 Å². The predicted octanol–water partition coefficient (Wildman–Crippen LogP) is 4.27. The molecule has 5 nitrogen and oxygen atoms in total. The number of nitrogens with zero attached hydrogens (tertiary/aromatic N) is 1. The van der Waals surface area contributed by atoms with Crippen LogP contribution in [0, 0.1) is 0 Å². The average molecular weight is 421 g/mol. The minimum atomic E-state index is -4.66. The van der Waals surface area contributed by atoms with Crippen LogP contribution in [0.15, 0.2) is 72.8 Å². The molecule has 1 unspecified atom stereocenters. The van der Waals surface area contributed by atoms with Gasteiger partial charge in [-0.15, -0.1) is 0 Å². The molecule has 0 saturated heterocycles. The molecule has 1 N–H and O–H groups in total. The standard InChI is InChI=1S/C22H15NO4S2/c24-28-22-19-11-15-7-3-1-5-13(15)9-17(19)21(23(28)29(25,26)27)18-10-14-6-2-4-8-16(14)12-20(18)22/h1-12,21-22H,(H,25,26,27). The van der Waals surface area contributed by atoms with Crippen LogP contribution in [0.3, 0.4) is 0 Å². The molecule has 29 heavy (non-hydrogen) atoms. The summed E-state index contributed by atoms with van der Waals surface area (Å²) in [7, 11) is -6.61. The summed E-state index contributed by atoms with van der Waals surface area (Å²) in [4.78, 5) is 0. The lowest BCUT2D eigenvalue weighted by molar-refractivity contribution is 0.395. The first-order chi connectivity index (χ1) is 13.9. The average Bonchev–Trinajstić information content (AvgIpc) is 2.70. The van der Waals surface area contributed by atoms with Crippen molar-refractivity contribution in [2.75, 3.05) is 0 Å². The largest absolute Gasteiger partial charge is 0.348 e. The molecule has 1 aliphatic carbocycles. The van der Waals surface area contributed by atoms with Gasteiger partial charge < -0.3 is 0 Å². The van der Waals surface area contributed by atoms with E-state index in [2.05, 4.69) is 0 Å². The second-order valence-electron chi connectivity index (χ2n) is 7.45. The maximum Gasteiger partial charge on any atom is 0.348 e. The SMILES string of the molecule is O=S1C2c3cc4ccccc4cc3C(c3cc4ccccc4cc32)N1S(=O)(=O)O. The third kappa shape index (κ3) is 2.33. The Balaban J connectivity index is 1.74. The van der Waals surface area contributed by atoms with Gasteiger partial charge in [0, 0.05) is 0 Å². The monoisotopic (exact) mass is 421 g/mol. The molecule has 0 fully saturated rings. The van der Waals surface area contributed by atoms with Crippen LogP contribution in [0.2, 0.25) is 0 Å².